The van der Waals surface area contributed by atoms with Crippen LogP contribution in [0, 0.1) is 13.8 Å². The molecule has 0 saturated heterocycles. The Morgan fingerprint density at radius 2 is 2.05 bits per heavy atom. The molecule has 0 radical (unpaired) electrons. The molecule has 0 saturated carbocycles. The van der Waals surface area contributed by atoms with Crippen LogP contribution in [0.25, 0.3) is 16.2 Å². The maximum absolute atomic E-state index is 6.00. The first-order chi connectivity index (χ1) is 10.2. The Morgan fingerprint density at radius 1 is 1.29 bits per heavy atom. The van der Waals surface area contributed by atoms with Gasteiger partial charge in [-0.2, -0.15) is 0 Å². The lowest BCUT2D eigenvalue weighted by Crippen LogP contribution is -2.04. The van der Waals surface area contributed by atoms with Crippen LogP contribution in [0.4, 0.5) is 0 Å². The number of hydrogen-bond acceptors (Lipinski definition) is 4. The zero-order valence-corrected chi connectivity index (χ0v) is 13.3. The molecule has 1 aromatic carbocycles. The van der Waals surface area contributed by atoms with E-state index in [1.165, 1.54) is 10.6 Å². The first kappa shape index (κ1) is 14.1. The van der Waals surface area contributed by atoms with Gasteiger partial charge in [0.05, 0.1) is 18.0 Å². The van der Waals surface area contributed by atoms with E-state index in [1.54, 1.807) is 11.3 Å². The van der Waals surface area contributed by atoms with Gasteiger partial charge in [-0.05, 0) is 32.9 Å². The van der Waals surface area contributed by atoms with Crippen molar-refractivity contribution in [2.24, 2.45) is 5.73 Å². The number of imidazole rings is 1. The second-order valence-corrected chi connectivity index (χ2v) is 6.08. The summed E-state index contributed by atoms with van der Waals surface area (Å²) in [6, 6.07) is 8.00. The molecule has 0 amide bonds. The minimum absolute atomic E-state index is 0.452. The van der Waals surface area contributed by atoms with E-state index in [-0.39, 0.29) is 0 Å². The van der Waals surface area contributed by atoms with Crippen molar-refractivity contribution in [3.8, 4) is 17.0 Å². The van der Waals surface area contributed by atoms with Gasteiger partial charge in [0.15, 0.2) is 4.96 Å². The van der Waals surface area contributed by atoms with E-state index in [0.29, 0.717) is 13.2 Å². The van der Waals surface area contributed by atoms with Crippen LogP contribution in [0.2, 0.25) is 0 Å². The third kappa shape index (κ3) is 2.22. The van der Waals surface area contributed by atoms with E-state index in [9.17, 15) is 0 Å². The molecule has 110 valence electrons. The SMILES string of the molecule is CCOc1ccccc1-c1nc2sc(C)c(C)n2c1CN. The maximum Gasteiger partial charge on any atom is 0.194 e. The highest BCUT2D eigenvalue weighted by atomic mass is 32.1. The van der Waals surface area contributed by atoms with Gasteiger partial charge in [-0.25, -0.2) is 4.98 Å². The lowest BCUT2D eigenvalue weighted by Gasteiger charge is -2.09. The Morgan fingerprint density at radius 3 is 2.76 bits per heavy atom. The number of thiazole rings is 1. The molecule has 3 aromatic rings. The van der Waals surface area contributed by atoms with Gasteiger partial charge in [-0.3, -0.25) is 4.40 Å². The summed E-state index contributed by atoms with van der Waals surface area (Å²) in [6.07, 6.45) is 0. The van der Waals surface area contributed by atoms with Crippen molar-refractivity contribution in [2.45, 2.75) is 27.3 Å². The average Bonchev–Trinajstić information content (AvgIpc) is 2.97. The smallest absolute Gasteiger partial charge is 0.194 e. The molecule has 5 heteroatoms. The second-order valence-electron chi connectivity index (χ2n) is 4.90. The predicted octanol–water partition coefficient (Wildman–Crippen LogP) is 3.54. The molecular weight excluding hydrogens is 282 g/mol. The minimum Gasteiger partial charge on any atom is -0.493 e. The highest BCUT2D eigenvalue weighted by Gasteiger charge is 2.19. The Balaban J connectivity index is 2.26. The number of aromatic nitrogens is 2. The topological polar surface area (TPSA) is 52.5 Å². The number of nitrogens with two attached hydrogens (primary N) is 1. The Hall–Kier alpha value is -1.85. The fraction of sp³-hybridized carbons (Fsp3) is 0.312. The maximum atomic E-state index is 6.00. The van der Waals surface area contributed by atoms with Crippen molar-refractivity contribution in [2.75, 3.05) is 6.61 Å². The van der Waals surface area contributed by atoms with Gasteiger partial charge in [0.25, 0.3) is 0 Å². The number of ether oxygens (including phenoxy) is 1. The molecule has 0 aliphatic heterocycles. The summed E-state index contributed by atoms with van der Waals surface area (Å²) in [6.45, 7) is 7.30. The quantitative estimate of drug-likeness (QED) is 0.802. The standard InChI is InChI=1S/C16H19N3OS/c1-4-20-14-8-6-5-7-12(14)15-13(9-17)19-10(2)11(3)21-16(19)18-15/h5-8H,4,9,17H2,1-3H3. The molecule has 0 aliphatic rings. The van der Waals surface area contributed by atoms with Crippen LogP contribution in [-0.2, 0) is 6.54 Å². The van der Waals surface area contributed by atoms with E-state index in [0.717, 1.165) is 27.7 Å². The van der Waals surface area contributed by atoms with Crippen LogP contribution in [0.5, 0.6) is 5.75 Å². The first-order valence-corrected chi connectivity index (χ1v) is 7.88. The third-order valence-electron chi connectivity index (χ3n) is 3.67. The Bertz CT molecular complexity index is 788. The van der Waals surface area contributed by atoms with Crippen molar-refractivity contribution in [1.82, 2.24) is 9.38 Å². The second kappa shape index (κ2) is 5.50. The Labute approximate surface area is 128 Å². The molecule has 2 heterocycles. The number of benzene rings is 1. The molecule has 2 N–H and O–H groups in total. The molecule has 0 unspecified atom stereocenters. The van der Waals surface area contributed by atoms with Crippen molar-refractivity contribution >= 4 is 16.3 Å². The first-order valence-electron chi connectivity index (χ1n) is 7.07. The fourth-order valence-corrected chi connectivity index (χ4v) is 3.55. The molecule has 0 fully saturated rings. The van der Waals surface area contributed by atoms with Gasteiger partial charge in [0.1, 0.15) is 5.75 Å². The molecule has 0 aliphatic carbocycles. The number of rotatable bonds is 4. The normalized spacial score (nSPS) is 11.2. The third-order valence-corrected chi connectivity index (χ3v) is 4.72. The fourth-order valence-electron chi connectivity index (χ4n) is 2.56. The summed E-state index contributed by atoms with van der Waals surface area (Å²) in [4.78, 5) is 7.07. The van der Waals surface area contributed by atoms with Crippen molar-refractivity contribution in [1.29, 1.82) is 0 Å². The van der Waals surface area contributed by atoms with E-state index in [1.807, 2.05) is 31.2 Å². The van der Waals surface area contributed by atoms with Crippen molar-refractivity contribution < 1.29 is 4.74 Å². The van der Waals surface area contributed by atoms with Crippen LogP contribution >= 0.6 is 11.3 Å². The largest absolute Gasteiger partial charge is 0.493 e. The van der Waals surface area contributed by atoms with E-state index in [4.69, 9.17) is 15.5 Å². The summed E-state index contributed by atoms with van der Waals surface area (Å²) in [5.74, 6) is 0.856. The van der Waals surface area contributed by atoms with Crippen LogP contribution in [0.1, 0.15) is 23.2 Å². The summed E-state index contributed by atoms with van der Waals surface area (Å²) >= 11 is 1.70. The molecule has 21 heavy (non-hydrogen) atoms. The number of hydrogen-bond donors (Lipinski definition) is 1. The van der Waals surface area contributed by atoms with Crippen molar-refractivity contribution in [3.63, 3.8) is 0 Å². The van der Waals surface area contributed by atoms with Crippen LogP contribution < -0.4 is 10.5 Å². The van der Waals surface area contributed by atoms with Gasteiger partial charge in [0, 0.05) is 22.7 Å². The lowest BCUT2D eigenvalue weighted by atomic mass is 10.1. The lowest BCUT2D eigenvalue weighted by molar-refractivity contribution is 0.341. The molecule has 0 spiro atoms. The van der Waals surface area contributed by atoms with Crippen LogP contribution in [0.3, 0.4) is 0 Å². The molecule has 2 aromatic heterocycles. The molecule has 0 atom stereocenters. The minimum atomic E-state index is 0.452. The summed E-state index contributed by atoms with van der Waals surface area (Å²) < 4.78 is 7.90. The van der Waals surface area contributed by atoms with Crippen molar-refractivity contribution in [3.05, 3.63) is 40.5 Å². The average molecular weight is 301 g/mol. The van der Waals surface area contributed by atoms with E-state index >= 15 is 0 Å². The molecule has 0 bridgehead atoms. The molecular formula is C16H19N3OS. The number of para-hydroxylation sites is 1. The summed E-state index contributed by atoms with van der Waals surface area (Å²) in [7, 11) is 0. The number of nitrogens with zero attached hydrogens (tertiary/aromatic N) is 2. The molecule has 3 rings (SSSR count). The zero-order valence-electron chi connectivity index (χ0n) is 12.5. The Kier molecular flexibility index (Phi) is 3.69. The monoisotopic (exact) mass is 301 g/mol. The van der Waals surface area contributed by atoms with Crippen LogP contribution in [-0.4, -0.2) is 16.0 Å². The predicted molar refractivity (Wildman–Crippen MR) is 87.0 cm³/mol. The molecule has 4 nitrogen and oxygen atoms in total. The highest BCUT2D eigenvalue weighted by Crippen LogP contribution is 2.35. The highest BCUT2D eigenvalue weighted by molar-refractivity contribution is 7.17. The number of fused-ring (bicyclic) bond motifs is 1. The van der Waals surface area contributed by atoms with Gasteiger partial charge < -0.3 is 10.5 Å². The van der Waals surface area contributed by atoms with Crippen LogP contribution in [0.15, 0.2) is 24.3 Å². The van der Waals surface area contributed by atoms with Gasteiger partial charge in [-0.1, -0.05) is 12.1 Å². The van der Waals surface area contributed by atoms with Gasteiger partial charge in [-0.15, -0.1) is 11.3 Å². The zero-order chi connectivity index (χ0) is 15.0. The summed E-state index contributed by atoms with van der Waals surface area (Å²) in [5, 5.41) is 0. The van der Waals surface area contributed by atoms with E-state index in [2.05, 4.69) is 18.2 Å². The number of aryl methyl sites for hydroxylation is 2. The summed E-state index contributed by atoms with van der Waals surface area (Å²) in [5.41, 5.74) is 10.2. The van der Waals surface area contributed by atoms with Gasteiger partial charge >= 0.3 is 0 Å². The van der Waals surface area contributed by atoms with Gasteiger partial charge in [0.2, 0.25) is 0 Å². The van der Waals surface area contributed by atoms with E-state index < -0.39 is 0 Å².